The lowest BCUT2D eigenvalue weighted by atomic mass is 10.2. The lowest BCUT2D eigenvalue weighted by molar-refractivity contribution is 0.0496. The van der Waals surface area contributed by atoms with Gasteiger partial charge in [-0.05, 0) is 69.1 Å². The number of aryl methyl sites for hydroxylation is 4. The van der Waals surface area contributed by atoms with E-state index in [0.717, 1.165) is 33.9 Å². The van der Waals surface area contributed by atoms with Crippen molar-refractivity contribution in [2.24, 2.45) is 0 Å². The molecular weight excluding hydrogens is 700 g/mol. The normalized spacial score (nSPS) is 15.1. The molecule has 0 bridgehead atoms. The molecule has 8 nitrogen and oxygen atoms in total. The van der Waals surface area contributed by atoms with Crippen molar-refractivity contribution in [2.75, 3.05) is 0 Å². The Bertz CT molecular complexity index is 2030. The average Bonchev–Trinajstić information content (AvgIpc) is 3.85. The number of aromatic nitrogens is 6. The van der Waals surface area contributed by atoms with E-state index in [0.29, 0.717) is 12.5 Å². The summed E-state index contributed by atoms with van der Waals surface area (Å²) in [6.45, 7) is 19.8. The first-order valence-electron chi connectivity index (χ1n) is 16.8. The number of fused-ring (bicyclic) bond motifs is 3. The molecular formula is C38H45ClN6O2S2Si. The van der Waals surface area contributed by atoms with Gasteiger partial charge in [0, 0.05) is 20.9 Å². The number of nitrogens with zero attached hydrogens (tertiary/aromatic N) is 6. The van der Waals surface area contributed by atoms with Gasteiger partial charge in [0.2, 0.25) is 0 Å². The molecule has 4 aromatic heterocycles. The molecule has 0 aliphatic carbocycles. The van der Waals surface area contributed by atoms with Crippen LogP contribution >= 0.6 is 34.3 Å². The van der Waals surface area contributed by atoms with Crippen LogP contribution in [-0.4, -0.2) is 37.8 Å². The zero-order chi connectivity index (χ0) is 35.8. The number of ether oxygens (including phenoxy) is 1. The van der Waals surface area contributed by atoms with Crippen molar-refractivity contribution < 1.29 is 9.16 Å². The predicted octanol–water partition coefficient (Wildman–Crippen LogP) is 8.86. The molecule has 262 valence electrons. The third-order valence-electron chi connectivity index (χ3n) is 9.06. The highest BCUT2D eigenvalue weighted by Gasteiger charge is 2.51. The molecule has 1 aliphatic rings. The Hall–Kier alpha value is -3.45. The maximum atomic E-state index is 7.30. The van der Waals surface area contributed by atoms with E-state index in [2.05, 4.69) is 144 Å². The molecule has 6 aromatic rings. The number of rotatable bonds is 7. The Kier molecular flexibility index (Phi) is 10.6. The smallest absolute Gasteiger partial charge is 0.262 e. The first-order valence-corrected chi connectivity index (χ1v) is 20.9. The molecule has 2 unspecified atom stereocenters. The molecule has 5 heterocycles. The van der Waals surface area contributed by atoms with E-state index in [9.17, 15) is 0 Å². The van der Waals surface area contributed by atoms with Gasteiger partial charge < -0.3 is 9.16 Å². The highest BCUT2D eigenvalue weighted by Crippen LogP contribution is 2.41. The molecule has 0 radical (unpaired) electrons. The summed E-state index contributed by atoms with van der Waals surface area (Å²) >= 11 is 9.78. The van der Waals surface area contributed by atoms with Gasteiger partial charge in [0.05, 0.1) is 12.5 Å². The minimum absolute atomic E-state index is 0.00102. The van der Waals surface area contributed by atoms with E-state index < -0.39 is 8.32 Å². The third-order valence-corrected chi connectivity index (χ3v) is 16.6. The summed E-state index contributed by atoms with van der Waals surface area (Å²) in [6.07, 6.45) is -0.279. The SMILES string of the molecule is Cc1cc(CCl)c(-n2c(C)nnc2C(C)O[Si](c2ccccc2)(c2ccccc2)C(C)(C)C)s1.Cc1cc2c(s1)-n1c(C)nnc1C(C)OC2. The van der Waals surface area contributed by atoms with Crippen LogP contribution in [0.15, 0.2) is 72.8 Å². The van der Waals surface area contributed by atoms with Crippen molar-refractivity contribution in [3.63, 3.8) is 0 Å². The van der Waals surface area contributed by atoms with Crippen molar-refractivity contribution in [1.82, 2.24) is 29.5 Å². The second-order valence-corrected chi connectivity index (χ2v) is 20.8. The van der Waals surface area contributed by atoms with Gasteiger partial charge in [-0.1, -0.05) is 81.4 Å². The Balaban J connectivity index is 0.000000223. The Morgan fingerprint density at radius 2 is 1.40 bits per heavy atom. The number of thiophene rings is 2. The molecule has 0 N–H and O–H groups in total. The first kappa shape index (κ1) is 36.3. The zero-order valence-electron chi connectivity index (χ0n) is 30.2. The van der Waals surface area contributed by atoms with Crippen LogP contribution in [0, 0.1) is 27.7 Å². The van der Waals surface area contributed by atoms with E-state index in [4.69, 9.17) is 20.8 Å². The Morgan fingerprint density at radius 1 is 0.840 bits per heavy atom. The van der Waals surface area contributed by atoms with Crippen LogP contribution in [0.3, 0.4) is 0 Å². The summed E-state index contributed by atoms with van der Waals surface area (Å²) < 4.78 is 17.3. The fourth-order valence-electron chi connectivity index (χ4n) is 6.77. The van der Waals surface area contributed by atoms with Gasteiger partial charge in [-0.3, -0.25) is 9.13 Å². The van der Waals surface area contributed by atoms with Gasteiger partial charge in [0.25, 0.3) is 8.32 Å². The minimum atomic E-state index is -2.73. The molecule has 0 saturated carbocycles. The molecule has 12 heteroatoms. The highest BCUT2D eigenvalue weighted by molar-refractivity contribution is 7.15. The van der Waals surface area contributed by atoms with Crippen LogP contribution < -0.4 is 10.4 Å². The summed E-state index contributed by atoms with van der Waals surface area (Å²) in [6, 6.07) is 25.7. The van der Waals surface area contributed by atoms with E-state index in [1.54, 1.807) is 22.7 Å². The molecule has 50 heavy (non-hydrogen) atoms. The van der Waals surface area contributed by atoms with Crippen molar-refractivity contribution in [3.8, 4) is 10.0 Å². The van der Waals surface area contributed by atoms with E-state index in [1.165, 1.54) is 30.7 Å². The Morgan fingerprint density at radius 3 is 2.00 bits per heavy atom. The summed E-state index contributed by atoms with van der Waals surface area (Å²) in [5.41, 5.74) is 2.32. The van der Waals surface area contributed by atoms with Gasteiger partial charge in [-0.25, -0.2) is 0 Å². The van der Waals surface area contributed by atoms with Crippen molar-refractivity contribution >= 4 is 53.0 Å². The van der Waals surface area contributed by atoms with Crippen molar-refractivity contribution in [1.29, 1.82) is 0 Å². The van der Waals surface area contributed by atoms with Gasteiger partial charge >= 0.3 is 0 Å². The van der Waals surface area contributed by atoms with Crippen LogP contribution in [0.2, 0.25) is 5.04 Å². The summed E-state index contributed by atoms with van der Waals surface area (Å²) in [7, 11) is -2.73. The molecule has 1 aliphatic heterocycles. The maximum absolute atomic E-state index is 7.30. The largest absolute Gasteiger partial charge is 0.397 e. The predicted molar refractivity (Wildman–Crippen MR) is 207 cm³/mol. The highest BCUT2D eigenvalue weighted by atomic mass is 35.5. The second-order valence-electron chi connectivity index (χ2n) is 13.8. The van der Waals surface area contributed by atoms with Crippen LogP contribution in [0.25, 0.3) is 10.0 Å². The first-order chi connectivity index (χ1) is 23.9. The number of alkyl halides is 1. The lowest BCUT2D eigenvalue weighted by Gasteiger charge is -2.44. The number of halogens is 1. The Labute approximate surface area is 309 Å². The summed E-state index contributed by atoms with van der Waals surface area (Å²) in [5, 5.41) is 22.0. The van der Waals surface area contributed by atoms with Gasteiger partial charge in [-0.15, -0.1) is 54.7 Å². The number of hydrogen-bond acceptors (Lipinski definition) is 8. The zero-order valence-corrected chi connectivity index (χ0v) is 33.6. The topological polar surface area (TPSA) is 79.9 Å². The molecule has 0 amide bonds. The standard InChI is InChI=1S/C27H32ClN3OSSi.C11H13N3OS/c1-19-17-22(18-28)26(33-19)31-21(3)29-30-25(31)20(2)32-34(27(4,5)6,23-13-9-7-10-14-23)24-15-11-8-12-16-24;1-6-4-9-5-15-7(2)10-13-12-8(3)14(10)11(9)16-6/h7-17,20H,18H2,1-6H3;4,7H,5H2,1-3H3. The summed E-state index contributed by atoms with van der Waals surface area (Å²) in [4.78, 5) is 2.51. The number of benzene rings is 2. The third kappa shape index (κ3) is 6.79. The van der Waals surface area contributed by atoms with E-state index in [-0.39, 0.29) is 17.2 Å². The van der Waals surface area contributed by atoms with Crippen LogP contribution in [-0.2, 0) is 21.6 Å². The molecule has 0 saturated heterocycles. The lowest BCUT2D eigenvalue weighted by Crippen LogP contribution is -2.66. The van der Waals surface area contributed by atoms with E-state index >= 15 is 0 Å². The molecule has 0 fully saturated rings. The summed E-state index contributed by atoms with van der Waals surface area (Å²) in [5.74, 6) is 3.91. The second kappa shape index (κ2) is 14.6. The fraction of sp³-hybridized carbons (Fsp3) is 0.368. The van der Waals surface area contributed by atoms with Gasteiger partial charge in [-0.2, -0.15) is 0 Å². The fourth-order valence-corrected chi connectivity index (χ4v) is 13.9. The van der Waals surface area contributed by atoms with E-state index in [1.807, 2.05) is 20.8 Å². The van der Waals surface area contributed by atoms with Crippen LogP contribution in [0.4, 0.5) is 0 Å². The van der Waals surface area contributed by atoms with Crippen LogP contribution in [0.5, 0.6) is 0 Å². The van der Waals surface area contributed by atoms with Gasteiger partial charge in [0.1, 0.15) is 33.9 Å². The molecule has 7 rings (SSSR count). The van der Waals surface area contributed by atoms with Gasteiger partial charge in [0.15, 0.2) is 11.6 Å². The maximum Gasteiger partial charge on any atom is 0.262 e. The molecule has 2 atom stereocenters. The van der Waals surface area contributed by atoms with Crippen LogP contribution in [0.1, 0.15) is 91.0 Å². The monoisotopic (exact) mass is 744 g/mol. The molecule has 0 spiro atoms. The van der Waals surface area contributed by atoms with Crippen molar-refractivity contribution in [3.05, 3.63) is 117 Å². The van der Waals surface area contributed by atoms with Crippen molar-refractivity contribution in [2.45, 2.75) is 92.0 Å². The number of hydrogen-bond donors (Lipinski definition) is 0. The molecule has 2 aromatic carbocycles. The average molecular weight is 745 g/mol. The minimum Gasteiger partial charge on any atom is -0.397 e. The quantitative estimate of drug-likeness (QED) is 0.120.